The predicted octanol–water partition coefficient (Wildman–Crippen LogP) is 2.89. The number of pyridine rings is 1. The van der Waals surface area contributed by atoms with Crippen LogP contribution in [0.25, 0.3) is 0 Å². The first-order chi connectivity index (χ1) is 9.11. The van der Waals surface area contributed by atoms with Gasteiger partial charge in [0.2, 0.25) is 0 Å². The fourth-order valence-electron chi connectivity index (χ4n) is 1.61. The van der Waals surface area contributed by atoms with Gasteiger partial charge in [0.1, 0.15) is 11.3 Å². The fraction of sp³-hybridized carbons (Fsp3) is 0.143. The summed E-state index contributed by atoms with van der Waals surface area (Å²) in [4.78, 5) is 14.8. The molecule has 2 aromatic rings. The Balaban J connectivity index is 2.39. The van der Waals surface area contributed by atoms with Crippen molar-refractivity contribution in [3.8, 4) is 17.2 Å². The van der Waals surface area contributed by atoms with E-state index >= 15 is 0 Å². The van der Waals surface area contributed by atoms with Crippen LogP contribution < -0.4 is 9.47 Å². The van der Waals surface area contributed by atoms with E-state index in [2.05, 4.69) is 4.98 Å². The Labute approximate surface area is 110 Å². The molecule has 1 aromatic heterocycles. The van der Waals surface area contributed by atoms with Crippen molar-refractivity contribution in [1.29, 1.82) is 0 Å². The molecule has 0 aliphatic rings. The molecule has 0 bridgehead atoms. The van der Waals surface area contributed by atoms with Gasteiger partial charge < -0.3 is 14.6 Å². The minimum absolute atomic E-state index is 0.00475. The lowest BCUT2D eigenvalue weighted by Crippen LogP contribution is -2.01. The lowest BCUT2D eigenvalue weighted by atomic mass is 10.2. The van der Waals surface area contributed by atoms with Crippen molar-refractivity contribution in [3.05, 3.63) is 47.8 Å². The van der Waals surface area contributed by atoms with Crippen LogP contribution in [0.1, 0.15) is 15.9 Å². The third-order valence-electron chi connectivity index (χ3n) is 2.55. The Kier molecular flexibility index (Phi) is 3.66. The van der Waals surface area contributed by atoms with Crippen LogP contribution in [-0.4, -0.2) is 23.2 Å². The number of aromatic nitrogens is 1. The van der Waals surface area contributed by atoms with Crippen molar-refractivity contribution in [2.24, 2.45) is 0 Å². The molecule has 98 valence electrons. The molecule has 0 unspecified atom stereocenters. The van der Waals surface area contributed by atoms with Crippen LogP contribution in [0, 0.1) is 6.92 Å². The van der Waals surface area contributed by atoms with Crippen molar-refractivity contribution in [3.63, 3.8) is 0 Å². The number of carbonyl (C=O) groups is 1. The zero-order valence-electron chi connectivity index (χ0n) is 10.6. The van der Waals surface area contributed by atoms with Crippen LogP contribution >= 0.6 is 0 Å². The topological polar surface area (TPSA) is 68.7 Å². The lowest BCUT2D eigenvalue weighted by Gasteiger charge is -2.12. The maximum Gasteiger partial charge on any atom is 0.341 e. The standard InChI is InChI=1S/C14H13NO4/c1-9-3-4-12(13(7-9)18-2)19-11-5-6-15-8-10(11)14(16)17/h3-8H,1-2H3,(H,16,17). The number of carboxylic acids is 1. The molecular weight excluding hydrogens is 246 g/mol. The molecule has 0 fully saturated rings. The first-order valence-electron chi connectivity index (χ1n) is 5.61. The molecule has 1 aromatic carbocycles. The van der Waals surface area contributed by atoms with Crippen molar-refractivity contribution in [2.75, 3.05) is 7.11 Å². The van der Waals surface area contributed by atoms with E-state index in [1.807, 2.05) is 19.1 Å². The van der Waals surface area contributed by atoms with Gasteiger partial charge in [0.05, 0.1) is 7.11 Å². The number of benzene rings is 1. The van der Waals surface area contributed by atoms with Gasteiger partial charge in [-0.05, 0) is 24.6 Å². The SMILES string of the molecule is COc1cc(C)ccc1Oc1ccncc1C(=O)O. The molecule has 0 saturated heterocycles. The van der Waals surface area contributed by atoms with Gasteiger partial charge in [-0.15, -0.1) is 0 Å². The zero-order chi connectivity index (χ0) is 13.8. The van der Waals surface area contributed by atoms with Gasteiger partial charge in [-0.25, -0.2) is 4.79 Å². The van der Waals surface area contributed by atoms with Crippen LogP contribution in [-0.2, 0) is 0 Å². The third kappa shape index (κ3) is 2.82. The Morgan fingerprint density at radius 1 is 1.21 bits per heavy atom. The van der Waals surface area contributed by atoms with Crippen LogP contribution in [0.15, 0.2) is 36.7 Å². The second-order valence-electron chi connectivity index (χ2n) is 3.93. The summed E-state index contributed by atoms with van der Waals surface area (Å²) >= 11 is 0. The lowest BCUT2D eigenvalue weighted by molar-refractivity contribution is 0.0693. The average molecular weight is 259 g/mol. The molecule has 0 amide bonds. The summed E-state index contributed by atoms with van der Waals surface area (Å²) in [6.45, 7) is 1.93. The monoisotopic (exact) mass is 259 g/mol. The van der Waals surface area contributed by atoms with Crippen LogP contribution in [0.5, 0.6) is 17.2 Å². The number of ether oxygens (including phenoxy) is 2. The van der Waals surface area contributed by atoms with Crippen molar-refractivity contribution < 1.29 is 19.4 Å². The van der Waals surface area contributed by atoms with E-state index in [1.165, 1.54) is 25.6 Å². The first kappa shape index (κ1) is 12.9. The minimum atomic E-state index is -1.09. The number of hydrogen-bond acceptors (Lipinski definition) is 4. The highest BCUT2D eigenvalue weighted by atomic mass is 16.5. The summed E-state index contributed by atoms with van der Waals surface area (Å²) in [5, 5.41) is 9.06. The molecule has 0 atom stereocenters. The summed E-state index contributed by atoms with van der Waals surface area (Å²) in [5.41, 5.74) is 1.03. The van der Waals surface area contributed by atoms with E-state index in [-0.39, 0.29) is 11.3 Å². The Morgan fingerprint density at radius 2 is 2.00 bits per heavy atom. The van der Waals surface area contributed by atoms with Gasteiger partial charge in [0.25, 0.3) is 0 Å². The predicted molar refractivity (Wildman–Crippen MR) is 69.0 cm³/mol. The zero-order valence-corrected chi connectivity index (χ0v) is 10.6. The average Bonchev–Trinajstić information content (AvgIpc) is 2.41. The molecule has 5 heteroatoms. The van der Waals surface area contributed by atoms with Gasteiger partial charge >= 0.3 is 5.97 Å². The maximum absolute atomic E-state index is 11.1. The summed E-state index contributed by atoms with van der Waals surface area (Å²) < 4.78 is 10.8. The number of methoxy groups -OCH3 is 1. The highest BCUT2D eigenvalue weighted by Gasteiger charge is 2.13. The van der Waals surface area contributed by atoms with E-state index in [4.69, 9.17) is 14.6 Å². The molecule has 0 aliphatic carbocycles. The molecule has 0 spiro atoms. The number of aryl methyl sites for hydroxylation is 1. The maximum atomic E-state index is 11.1. The summed E-state index contributed by atoms with van der Waals surface area (Å²) in [7, 11) is 1.53. The summed E-state index contributed by atoms with van der Waals surface area (Å²) in [6, 6.07) is 6.92. The molecule has 0 radical (unpaired) electrons. The van der Waals surface area contributed by atoms with E-state index in [9.17, 15) is 4.79 Å². The highest BCUT2D eigenvalue weighted by Crippen LogP contribution is 2.33. The van der Waals surface area contributed by atoms with E-state index in [1.54, 1.807) is 6.07 Å². The van der Waals surface area contributed by atoms with E-state index in [0.717, 1.165) is 5.56 Å². The molecular formula is C14H13NO4. The first-order valence-corrected chi connectivity index (χ1v) is 5.61. The highest BCUT2D eigenvalue weighted by molar-refractivity contribution is 5.90. The molecule has 5 nitrogen and oxygen atoms in total. The quantitative estimate of drug-likeness (QED) is 0.914. The number of aromatic carboxylic acids is 1. The number of nitrogens with zero attached hydrogens (tertiary/aromatic N) is 1. The van der Waals surface area contributed by atoms with Crippen LogP contribution in [0.2, 0.25) is 0 Å². The van der Waals surface area contributed by atoms with E-state index in [0.29, 0.717) is 11.5 Å². The van der Waals surface area contributed by atoms with Crippen LogP contribution in [0.3, 0.4) is 0 Å². The van der Waals surface area contributed by atoms with Gasteiger partial charge in [-0.2, -0.15) is 0 Å². The Bertz CT molecular complexity index is 610. The van der Waals surface area contributed by atoms with E-state index < -0.39 is 5.97 Å². The second-order valence-corrected chi connectivity index (χ2v) is 3.93. The number of hydrogen-bond donors (Lipinski definition) is 1. The van der Waals surface area contributed by atoms with Crippen LogP contribution in [0.4, 0.5) is 0 Å². The van der Waals surface area contributed by atoms with Crippen molar-refractivity contribution in [2.45, 2.75) is 6.92 Å². The van der Waals surface area contributed by atoms with Crippen molar-refractivity contribution >= 4 is 5.97 Å². The second kappa shape index (κ2) is 5.39. The summed E-state index contributed by atoms with van der Waals surface area (Å²) in [5.74, 6) is 0.147. The molecule has 19 heavy (non-hydrogen) atoms. The largest absolute Gasteiger partial charge is 0.493 e. The minimum Gasteiger partial charge on any atom is -0.493 e. The molecule has 2 rings (SSSR count). The Hall–Kier alpha value is -2.56. The van der Waals surface area contributed by atoms with Gasteiger partial charge in [0, 0.05) is 18.5 Å². The van der Waals surface area contributed by atoms with Gasteiger partial charge in [-0.1, -0.05) is 6.07 Å². The molecule has 0 aliphatic heterocycles. The fourth-order valence-corrected chi connectivity index (χ4v) is 1.61. The van der Waals surface area contributed by atoms with Crippen molar-refractivity contribution in [1.82, 2.24) is 4.98 Å². The molecule has 1 N–H and O–H groups in total. The third-order valence-corrected chi connectivity index (χ3v) is 2.55. The number of carboxylic acid groups (broad SMARTS) is 1. The van der Waals surface area contributed by atoms with Gasteiger partial charge in [0.15, 0.2) is 11.5 Å². The number of rotatable bonds is 4. The summed E-state index contributed by atoms with van der Waals surface area (Å²) in [6.07, 6.45) is 2.72. The molecule has 0 saturated carbocycles. The van der Waals surface area contributed by atoms with Gasteiger partial charge in [-0.3, -0.25) is 4.98 Å². The normalized spacial score (nSPS) is 10.0. The Morgan fingerprint density at radius 3 is 2.68 bits per heavy atom. The molecule has 1 heterocycles. The smallest absolute Gasteiger partial charge is 0.341 e.